The van der Waals surface area contributed by atoms with Crippen LogP contribution in [0.5, 0.6) is 0 Å². The van der Waals surface area contributed by atoms with Crippen molar-refractivity contribution in [1.82, 2.24) is 9.97 Å². The number of anilines is 1. The Labute approximate surface area is 130 Å². The molecule has 1 aliphatic heterocycles. The third-order valence-electron chi connectivity index (χ3n) is 4.04. The Kier molecular flexibility index (Phi) is 3.61. The minimum Gasteiger partial charge on any atom is -0.358 e. The monoisotopic (exact) mass is 295 g/mol. The number of carbonyl (C=O) groups excluding carboxylic acids is 1. The van der Waals surface area contributed by atoms with Gasteiger partial charge in [-0.15, -0.1) is 0 Å². The summed E-state index contributed by atoms with van der Waals surface area (Å²) in [5.41, 5.74) is 5.81. The summed E-state index contributed by atoms with van der Waals surface area (Å²) in [4.78, 5) is 19.8. The maximum atomic E-state index is 12.2. The van der Waals surface area contributed by atoms with E-state index in [-0.39, 0.29) is 5.91 Å². The van der Waals surface area contributed by atoms with E-state index in [2.05, 4.69) is 49.0 Å². The van der Waals surface area contributed by atoms with Crippen molar-refractivity contribution in [2.45, 2.75) is 39.5 Å². The first kappa shape index (κ1) is 14.6. The van der Waals surface area contributed by atoms with Crippen LogP contribution in [0.25, 0.3) is 11.6 Å². The van der Waals surface area contributed by atoms with Crippen molar-refractivity contribution in [1.29, 1.82) is 0 Å². The lowest BCUT2D eigenvalue weighted by Gasteiger charge is -2.04. The van der Waals surface area contributed by atoms with Crippen LogP contribution in [0, 0.1) is 0 Å². The van der Waals surface area contributed by atoms with E-state index < -0.39 is 0 Å². The fourth-order valence-corrected chi connectivity index (χ4v) is 2.73. The molecule has 0 spiro atoms. The number of nitrogens with one attached hydrogen (secondary N) is 2. The minimum atomic E-state index is -0.0709. The number of H-pyrrole nitrogens is 1. The normalized spacial score (nSPS) is 15.7. The summed E-state index contributed by atoms with van der Waals surface area (Å²) in [6.07, 6.45) is 5.37. The molecule has 0 radical (unpaired) electrons. The number of carbonyl (C=O) groups is 1. The number of aromatic amines is 1. The number of hydrogen-bond donors (Lipinski definition) is 2. The highest BCUT2D eigenvalue weighted by Crippen LogP contribution is 2.34. The van der Waals surface area contributed by atoms with Gasteiger partial charge in [0.05, 0.1) is 11.3 Å². The zero-order valence-electron chi connectivity index (χ0n) is 13.4. The molecule has 2 N–H and O–H groups in total. The Hall–Kier alpha value is -2.36. The SMILES string of the molecule is CC(C)c1cc(C(C)C)c(C=C2C(=O)Nc3ccncc32)[nH]1. The highest BCUT2D eigenvalue weighted by Gasteiger charge is 2.25. The number of amides is 1. The van der Waals surface area contributed by atoms with Gasteiger partial charge in [0.15, 0.2) is 0 Å². The number of pyridine rings is 1. The lowest BCUT2D eigenvalue weighted by Crippen LogP contribution is -2.03. The molecule has 2 aromatic heterocycles. The molecule has 0 atom stereocenters. The maximum absolute atomic E-state index is 12.2. The molecule has 22 heavy (non-hydrogen) atoms. The van der Waals surface area contributed by atoms with Crippen molar-refractivity contribution in [2.24, 2.45) is 0 Å². The first-order valence-electron chi connectivity index (χ1n) is 7.67. The predicted molar refractivity (Wildman–Crippen MR) is 89.7 cm³/mol. The van der Waals surface area contributed by atoms with Gasteiger partial charge in [-0.1, -0.05) is 27.7 Å². The van der Waals surface area contributed by atoms with Crippen LogP contribution >= 0.6 is 0 Å². The van der Waals surface area contributed by atoms with E-state index in [1.54, 1.807) is 12.4 Å². The molecule has 0 unspecified atom stereocenters. The van der Waals surface area contributed by atoms with E-state index in [0.717, 1.165) is 16.9 Å². The third kappa shape index (κ3) is 2.45. The Bertz CT molecular complexity index is 753. The van der Waals surface area contributed by atoms with Crippen molar-refractivity contribution in [3.05, 3.63) is 47.0 Å². The molecule has 3 heterocycles. The molecule has 4 heteroatoms. The average molecular weight is 295 g/mol. The molecular formula is C18H21N3O. The number of nitrogens with zero attached hydrogens (tertiary/aromatic N) is 1. The van der Waals surface area contributed by atoms with Gasteiger partial charge in [-0.2, -0.15) is 0 Å². The topological polar surface area (TPSA) is 57.8 Å². The lowest BCUT2D eigenvalue weighted by molar-refractivity contribution is -0.110. The van der Waals surface area contributed by atoms with Gasteiger partial charge in [-0.05, 0) is 35.6 Å². The fourth-order valence-electron chi connectivity index (χ4n) is 2.73. The molecule has 0 aromatic carbocycles. The van der Waals surface area contributed by atoms with Gasteiger partial charge in [-0.25, -0.2) is 0 Å². The highest BCUT2D eigenvalue weighted by atomic mass is 16.2. The Morgan fingerprint density at radius 3 is 2.64 bits per heavy atom. The number of fused-ring (bicyclic) bond motifs is 1. The van der Waals surface area contributed by atoms with E-state index in [1.165, 1.54) is 11.3 Å². The van der Waals surface area contributed by atoms with Gasteiger partial charge >= 0.3 is 0 Å². The van der Waals surface area contributed by atoms with Gasteiger partial charge < -0.3 is 10.3 Å². The van der Waals surface area contributed by atoms with Crippen LogP contribution in [-0.4, -0.2) is 15.9 Å². The molecule has 114 valence electrons. The standard InChI is InChI=1S/C18H21N3O/c1-10(2)12-7-16(11(3)4)20-17(12)8-13-14-9-19-6-5-15(14)21-18(13)22/h5-11,20H,1-4H3,(H,21,22). The Balaban J connectivity index is 2.11. The van der Waals surface area contributed by atoms with Crippen LogP contribution in [0.4, 0.5) is 5.69 Å². The average Bonchev–Trinajstić information content (AvgIpc) is 3.02. The molecule has 1 aliphatic rings. The summed E-state index contributed by atoms with van der Waals surface area (Å²) in [7, 11) is 0. The van der Waals surface area contributed by atoms with Gasteiger partial charge in [0.2, 0.25) is 0 Å². The Morgan fingerprint density at radius 2 is 1.95 bits per heavy atom. The summed E-state index contributed by atoms with van der Waals surface area (Å²) in [6, 6.07) is 4.03. The molecule has 0 saturated carbocycles. The summed E-state index contributed by atoms with van der Waals surface area (Å²) < 4.78 is 0. The summed E-state index contributed by atoms with van der Waals surface area (Å²) >= 11 is 0. The molecule has 1 amide bonds. The minimum absolute atomic E-state index is 0.0709. The third-order valence-corrected chi connectivity index (χ3v) is 4.04. The van der Waals surface area contributed by atoms with Crippen molar-refractivity contribution in [2.75, 3.05) is 5.32 Å². The molecule has 0 bridgehead atoms. The van der Waals surface area contributed by atoms with Crippen molar-refractivity contribution in [3.8, 4) is 0 Å². The molecule has 0 fully saturated rings. The molecule has 2 aromatic rings. The second-order valence-corrected chi connectivity index (χ2v) is 6.34. The largest absolute Gasteiger partial charge is 0.358 e. The van der Waals surface area contributed by atoms with Gasteiger partial charge in [0, 0.05) is 29.3 Å². The first-order valence-corrected chi connectivity index (χ1v) is 7.67. The van der Waals surface area contributed by atoms with Crippen LogP contribution in [-0.2, 0) is 4.79 Å². The lowest BCUT2D eigenvalue weighted by atomic mass is 10.00. The number of aromatic nitrogens is 2. The van der Waals surface area contributed by atoms with Gasteiger partial charge in [0.1, 0.15) is 0 Å². The van der Waals surface area contributed by atoms with E-state index in [1.807, 2.05) is 12.1 Å². The summed E-state index contributed by atoms with van der Waals surface area (Å²) in [6.45, 7) is 8.65. The zero-order valence-corrected chi connectivity index (χ0v) is 13.4. The second kappa shape index (κ2) is 5.44. The fraction of sp³-hybridized carbons (Fsp3) is 0.333. The number of rotatable bonds is 3. The smallest absolute Gasteiger partial charge is 0.256 e. The van der Waals surface area contributed by atoms with Crippen molar-refractivity contribution < 1.29 is 4.79 Å². The van der Waals surface area contributed by atoms with Crippen molar-refractivity contribution in [3.63, 3.8) is 0 Å². The Morgan fingerprint density at radius 1 is 1.18 bits per heavy atom. The quantitative estimate of drug-likeness (QED) is 0.836. The van der Waals surface area contributed by atoms with E-state index >= 15 is 0 Å². The van der Waals surface area contributed by atoms with Crippen LogP contribution in [0.2, 0.25) is 0 Å². The van der Waals surface area contributed by atoms with Crippen LogP contribution in [0.1, 0.15) is 62.0 Å². The molecular weight excluding hydrogens is 274 g/mol. The second-order valence-electron chi connectivity index (χ2n) is 6.34. The van der Waals surface area contributed by atoms with Gasteiger partial charge in [0.25, 0.3) is 5.91 Å². The predicted octanol–water partition coefficient (Wildman–Crippen LogP) is 4.15. The molecule has 0 aliphatic carbocycles. The van der Waals surface area contributed by atoms with E-state index in [0.29, 0.717) is 17.4 Å². The van der Waals surface area contributed by atoms with E-state index in [9.17, 15) is 4.79 Å². The zero-order chi connectivity index (χ0) is 15.9. The van der Waals surface area contributed by atoms with Crippen LogP contribution < -0.4 is 5.32 Å². The van der Waals surface area contributed by atoms with Crippen LogP contribution in [0.15, 0.2) is 24.5 Å². The van der Waals surface area contributed by atoms with E-state index in [4.69, 9.17) is 0 Å². The molecule has 0 saturated heterocycles. The summed E-state index contributed by atoms with van der Waals surface area (Å²) in [5.74, 6) is 0.753. The summed E-state index contributed by atoms with van der Waals surface area (Å²) in [5, 5.41) is 2.88. The van der Waals surface area contributed by atoms with Crippen LogP contribution in [0.3, 0.4) is 0 Å². The first-order chi connectivity index (χ1) is 10.5. The number of hydrogen-bond acceptors (Lipinski definition) is 2. The molecule has 4 nitrogen and oxygen atoms in total. The van der Waals surface area contributed by atoms with Gasteiger partial charge in [-0.3, -0.25) is 9.78 Å². The van der Waals surface area contributed by atoms with Crippen molar-refractivity contribution >= 4 is 23.2 Å². The highest BCUT2D eigenvalue weighted by molar-refractivity contribution is 6.34. The molecule has 3 rings (SSSR count). The maximum Gasteiger partial charge on any atom is 0.256 e.